The molecule has 0 atom stereocenters. The van der Waals surface area contributed by atoms with E-state index in [2.05, 4.69) is 125 Å². The van der Waals surface area contributed by atoms with E-state index < -0.39 is 6.15 Å². The Morgan fingerprint density at radius 2 is 0.515 bits per heavy atom. The van der Waals surface area contributed by atoms with Crippen molar-refractivity contribution in [1.29, 1.82) is 0 Å². The molecule has 33 heavy (non-hydrogen) atoms. The van der Waals surface area contributed by atoms with E-state index in [0.29, 0.717) is 0 Å². The van der Waals surface area contributed by atoms with Crippen LogP contribution in [0, 0.1) is 0 Å². The van der Waals surface area contributed by atoms with Crippen LogP contribution >= 0.6 is 0 Å². The zero-order valence-corrected chi connectivity index (χ0v) is 20.6. The third-order valence-corrected chi connectivity index (χ3v) is 7.55. The van der Waals surface area contributed by atoms with Gasteiger partial charge in [-0.2, -0.15) is 21.9 Å². The van der Waals surface area contributed by atoms with Gasteiger partial charge >= 0.3 is 0 Å². The van der Waals surface area contributed by atoms with Crippen LogP contribution in [-0.2, 0) is 25.7 Å². The van der Waals surface area contributed by atoms with E-state index in [1.165, 1.54) is 44.1 Å². The number of hydrogen-bond donors (Lipinski definition) is 0. The maximum atomic E-state index is 2.37. The van der Waals surface area contributed by atoms with E-state index in [1.807, 2.05) is 0 Å². The van der Waals surface area contributed by atoms with Gasteiger partial charge in [-0.3, -0.25) is 0 Å². The first kappa shape index (κ1) is 23.1. The zero-order chi connectivity index (χ0) is 23.3. The Balaban J connectivity index is 2.05. The van der Waals surface area contributed by atoms with Gasteiger partial charge in [-0.25, -0.2) is 0 Å². The van der Waals surface area contributed by atoms with Gasteiger partial charge < -0.3 is 0 Å². The van der Waals surface area contributed by atoms with Crippen molar-refractivity contribution in [2.75, 3.05) is 0 Å². The molecule has 0 amide bonds. The predicted molar refractivity (Wildman–Crippen MR) is 148 cm³/mol. The van der Waals surface area contributed by atoms with E-state index >= 15 is 0 Å². The molecule has 0 heterocycles. The third-order valence-electron chi connectivity index (χ3n) is 7.55. The Morgan fingerprint density at radius 1 is 0.333 bits per heavy atom. The molecule has 0 N–H and O–H groups in total. The number of aryl methyl sites for hydroxylation is 4. The summed E-state index contributed by atoms with van der Waals surface area (Å²) in [6.45, 7) is 8.90. The number of benzene rings is 4. The summed E-state index contributed by atoms with van der Waals surface area (Å²) < 4.78 is 0. The topological polar surface area (TPSA) is 0 Å². The lowest BCUT2D eigenvalue weighted by Crippen LogP contribution is -2.74. The van der Waals surface area contributed by atoms with E-state index in [4.69, 9.17) is 0 Å². The van der Waals surface area contributed by atoms with Crippen molar-refractivity contribution in [3.63, 3.8) is 0 Å². The molecular weight excluding hydrogens is 395 g/mol. The van der Waals surface area contributed by atoms with Crippen molar-refractivity contribution >= 4 is 28.0 Å². The lowest BCUT2D eigenvalue weighted by atomic mass is 9.13. The Hall–Kier alpha value is -3.06. The highest BCUT2D eigenvalue weighted by Gasteiger charge is 2.31. The number of rotatable bonds is 8. The normalized spacial score (nSPS) is 11.5. The maximum absolute atomic E-state index is 2.37. The molecule has 1 heteroatoms. The van der Waals surface area contributed by atoms with Gasteiger partial charge in [0.1, 0.15) is 6.15 Å². The first-order valence-corrected chi connectivity index (χ1v) is 12.7. The van der Waals surface area contributed by atoms with Gasteiger partial charge in [0.05, 0.1) is 0 Å². The zero-order valence-electron chi connectivity index (χ0n) is 20.6. The summed E-state index contributed by atoms with van der Waals surface area (Å²) in [6, 6.07) is 37.5. The second kappa shape index (κ2) is 10.3. The van der Waals surface area contributed by atoms with Crippen molar-refractivity contribution < 1.29 is 0 Å². The molecule has 0 radical (unpaired) electrons. The fourth-order valence-electron chi connectivity index (χ4n) is 5.32. The average molecular weight is 431 g/mol. The molecule has 0 aliphatic rings. The van der Waals surface area contributed by atoms with Gasteiger partial charge in [-0.1, -0.05) is 125 Å². The molecule has 0 spiro atoms. The van der Waals surface area contributed by atoms with Crippen LogP contribution in [-0.4, -0.2) is 6.15 Å². The lowest BCUT2D eigenvalue weighted by molar-refractivity contribution is 1.14. The average Bonchev–Trinajstić information content (AvgIpc) is 2.90. The van der Waals surface area contributed by atoms with Crippen LogP contribution in [0.3, 0.4) is 0 Å². The summed E-state index contributed by atoms with van der Waals surface area (Å²) in [5.74, 6) is 0. The van der Waals surface area contributed by atoms with Crippen molar-refractivity contribution in [2.24, 2.45) is 0 Å². The molecular formula is C32H36B-. The van der Waals surface area contributed by atoms with Crippen LogP contribution in [0.25, 0.3) is 0 Å². The molecule has 0 saturated heterocycles. The van der Waals surface area contributed by atoms with Crippen molar-refractivity contribution in [3.05, 3.63) is 119 Å². The lowest BCUT2D eigenvalue weighted by Gasteiger charge is -2.44. The van der Waals surface area contributed by atoms with Crippen LogP contribution in [0.1, 0.15) is 49.9 Å². The Bertz CT molecular complexity index is 956. The largest absolute Gasteiger partial charge is 0.195 e. The fourth-order valence-corrected chi connectivity index (χ4v) is 5.32. The van der Waals surface area contributed by atoms with Crippen LogP contribution in [0.2, 0.25) is 0 Å². The second-order valence-electron chi connectivity index (χ2n) is 9.25. The predicted octanol–water partition coefficient (Wildman–Crippen LogP) is 5.31. The standard InChI is InChI=1S/C32H36B/c1-5-25-9-17-29(18-10-25)33(30-19-11-26(6-2)12-20-30,31-21-13-27(7-3)14-22-31)32-23-15-28(8-4)16-24-32/h9-24H,5-8H2,1-4H3/q-1. The highest BCUT2D eigenvalue weighted by atomic mass is 14.1. The molecule has 0 nitrogen and oxygen atoms in total. The van der Waals surface area contributed by atoms with E-state index in [1.54, 1.807) is 0 Å². The summed E-state index contributed by atoms with van der Waals surface area (Å²) in [7, 11) is 0. The minimum Gasteiger partial charge on any atom is -0.195 e. The summed E-state index contributed by atoms with van der Waals surface area (Å²) in [4.78, 5) is 0. The molecule has 0 aliphatic carbocycles. The Kier molecular flexibility index (Phi) is 7.18. The van der Waals surface area contributed by atoms with Gasteiger partial charge in [0.2, 0.25) is 0 Å². The van der Waals surface area contributed by atoms with Gasteiger partial charge in [0.15, 0.2) is 0 Å². The monoisotopic (exact) mass is 431 g/mol. The van der Waals surface area contributed by atoms with E-state index in [0.717, 1.165) is 25.7 Å². The Morgan fingerprint density at radius 3 is 0.667 bits per heavy atom. The minimum atomic E-state index is -1.30. The summed E-state index contributed by atoms with van der Waals surface area (Å²) in [5.41, 5.74) is 11.0. The van der Waals surface area contributed by atoms with Gasteiger partial charge in [-0.15, -0.1) is 0 Å². The molecule has 168 valence electrons. The number of hydrogen-bond acceptors (Lipinski definition) is 0. The van der Waals surface area contributed by atoms with Crippen molar-refractivity contribution in [3.8, 4) is 0 Å². The summed E-state index contributed by atoms with van der Waals surface area (Å²) in [5, 5.41) is 0. The molecule has 0 bridgehead atoms. The van der Waals surface area contributed by atoms with Gasteiger partial charge in [0, 0.05) is 0 Å². The van der Waals surface area contributed by atoms with E-state index in [-0.39, 0.29) is 0 Å². The minimum absolute atomic E-state index is 1.06. The molecule has 0 saturated carbocycles. The first-order valence-electron chi connectivity index (χ1n) is 12.7. The molecule has 0 fully saturated rings. The maximum Gasteiger partial charge on any atom is 0.108 e. The molecule has 0 aliphatic heterocycles. The quantitative estimate of drug-likeness (QED) is 0.332. The highest BCUT2D eigenvalue weighted by Crippen LogP contribution is 2.13. The van der Waals surface area contributed by atoms with Crippen LogP contribution in [0.4, 0.5) is 0 Å². The van der Waals surface area contributed by atoms with Crippen LogP contribution in [0.15, 0.2) is 97.1 Å². The summed E-state index contributed by atoms with van der Waals surface area (Å²) in [6.07, 6.45) is 2.93. The molecule has 4 aromatic carbocycles. The molecule has 0 unspecified atom stereocenters. The molecule has 0 aromatic heterocycles. The first-order chi connectivity index (χ1) is 16.1. The molecule has 4 aromatic rings. The highest BCUT2D eigenvalue weighted by molar-refractivity contribution is 7.19. The van der Waals surface area contributed by atoms with Crippen molar-refractivity contribution in [2.45, 2.75) is 53.4 Å². The van der Waals surface area contributed by atoms with Gasteiger partial charge in [0.25, 0.3) is 0 Å². The second-order valence-corrected chi connectivity index (χ2v) is 9.25. The van der Waals surface area contributed by atoms with Crippen LogP contribution in [0.5, 0.6) is 0 Å². The summed E-state index contributed by atoms with van der Waals surface area (Å²) >= 11 is 0. The van der Waals surface area contributed by atoms with E-state index in [9.17, 15) is 0 Å². The smallest absolute Gasteiger partial charge is 0.108 e. The van der Waals surface area contributed by atoms with Crippen molar-refractivity contribution in [1.82, 2.24) is 0 Å². The van der Waals surface area contributed by atoms with Gasteiger partial charge in [-0.05, 0) is 47.9 Å². The fraction of sp³-hybridized carbons (Fsp3) is 0.250. The third kappa shape index (κ3) is 4.42. The molecule has 4 rings (SSSR count). The SMILES string of the molecule is CCc1ccc([B-](c2ccc(CC)cc2)(c2ccc(CC)cc2)c2ccc(CC)cc2)cc1. The van der Waals surface area contributed by atoms with Crippen LogP contribution < -0.4 is 21.9 Å². The Labute approximate surface area is 200 Å².